The predicted molar refractivity (Wildman–Crippen MR) is 119 cm³/mol. The Labute approximate surface area is 185 Å². The molecule has 0 atom stereocenters. The van der Waals surface area contributed by atoms with Crippen molar-refractivity contribution in [3.05, 3.63) is 106 Å². The first-order valence-electron chi connectivity index (χ1n) is 10.1. The summed E-state index contributed by atoms with van der Waals surface area (Å²) in [4.78, 5) is 24.5. The zero-order valence-corrected chi connectivity index (χ0v) is 17.4. The van der Waals surface area contributed by atoms with Crippen molar-refractivity contribution in [2.45, 2.75) is 13.5 Å². The monoisotopic (exact) mass is 447 g/mol. The van der Waals surface area contributed by atoms with Crippen LogP contribution in [0.15, 0.2) is 76.1 Å². The van der Waals surface area contributed by atoms with E-state index >= 15 is 4.39 Å². The van der Waals surface area contributed by atoms with Crippen molar-refractivity contribution in [3.8, 4) is 11.3 Å². The molecule has 0 aliphatic rings. The van der Waals surface area contributed by atoms with Crippen molar-refractivity contribution in [2.75, 3.05) is 0 Å². The molecule has 0 radical (unpaired) electrons. The highest BCUT2D eigenvalue weighted by atomic mass is 19.1. The van der Waals surface area contributed by atoms with Crippen LogP contribution in [0.5, 0.6) is 0 Å². The molecule has 0 aliphatic carbocycles. The topological polar surface area (TPSA) is 52.2 Å². The van der Waals surface area contributed by atoms with E-state index < -0.39 is 34.0 Å². The van der Waals surface area contributed by atoms with Crippen LogP contribution >= 0.6 is 0 Å². The van der Waals surface area contributed by atoms with E-state index in [1.54, 1.807) is 12.1 Å². The number of halogens is 3. The van der Waals surface area contributed by atoms with Crippen LogP contribution in [0.1, 0.15) is 22.8 Å². The second-order valence-corrected chi connectivity index (χ2v) is 7.76. The molecule has 2 aromatic heterocycles. The zero-order chi connectivity index (χ0) is 23.3. The number of benzene rings is 3. The summed E-state index contributed by atoms with van der Waals surface area (Å²) in [6, 6.07) is 15.4. The lowest BCUT2D eigenvalue weighted by Crippen LogP contribution is -2.20. The minimum atomic E-state index is -0.950. The molecule has 164 valence electrons. The third-order valence-corrected chi connectivity index (χ3v) is 5.60. The second-order valence-electron chi connectivity index (χ2n) is 7.76. The maximum atomic E-state index is 15.0. The standard InChI is InChI=1S/C26H16F3NO3/c1-14(31)18-13-30(25-20(28)9-8-19(27)24(25)26(18)32)12-17-7-6-16(10-21(17)29)23-11-15-4-2-3-5-22(15)33-23/h2-11,13H,12H2,1H3. The third kappa shape index (κ3) is 3.51. The van der Waals surface area contributed by atoms with E-state index in [-0.39, 0.29) is 23.2 Å². The Morgan fingerprint density at radius 3 is 2.42 bits per heavy atom. The Hall–Kier alpha value is -4.13. The molecule has 7 heteroatoms. The van der Waals surface area contributed by atoms with Crippen molar-refractivity contribution in [2.24, 2.45) is 0 Å². The predicted octanol–water partition coefficient (Wildman–Crippen LogP) is 6.08. The Morgan fingerprint density at radius 2 is 1.70 bits per heavy atom. The molecule has 0 bridgehead atoms. The van der Waals surface area contributed by atoms with Crippen molar-refractivity contribution in [3.63, 3.8) is 0 Å². The number of ketones is 1. The molecule has 0 amide bonds. The number of fused-ring (bicyclic) bond motifs is 2. The molecule has 0 N–H and O–H groups in total. The molecule has 33 heavy (non-hydrogen) atoms. The summed E-state index contributed by atoms with van der Waals surface area (Å²) in [5.41, 5.74) is -0.175. The Balaban J connectivity index is 1.61. The first-order valence-corrected chi connectivity index (χ1v) is 10.1. The third-order valence-electron chi connectivity index (χ3n) is 5.60. The molecule has 3 aromatic carbocycles. The molecular weight excluding hydrogens is 431 g/mol. The molecule has 0 fully saturated rings. The van der Waals surface area contributed by atoms with Crippen LogP contribution in [0, 0.1) is 17.5 Å². The lowest BCUT2D eigenvalue weighted by molar-refractivity contribution is 0.101. The van der Waals surface area contributed by atoms with Crippen LogP contribution in [-0.4, -0.2) is 10.4 Å². The van der Waals surface area contributed by atoms with Crippen LogP contribution in [0.25, 0.3) is 33.2 Å². The SMILES string of the molecule is CC(=O)c1cn(Cc2ccc(-c3cc4ccccc4o3)cc2F)c2c(F)ccc(F)c2c1=O. The van der Waals surface area contributed by atoms with E-state index in [4.69, 9.17) is 4.42 Å². The Bertz CT molecular complexity index is 1600. The molecule has 0 saturated carbocycles. The lowest BCUT2D eigenvalue weighted by atomic mass is 10.1. The summed E-state index contributed by atoms with van der Waals surface area (Å²) >= 11 is 0. The highest BCUT2D eigenvalue weighted by Gasteiger charge is 2.19. The largest absolute Gasteiger partial charge is 0.456 e. The van der Waals surface area contributed by atoms with E-state index in [0.29, 0.717) is 16.9 Å². The number of rotatable bonds is 4. The Morgan fingerprint density at radius 1 is 0.939 bits per heavy atom. The van der Waals surface area contributed by atoms with Crippen molar-refractivity contribution in [1.29, 1.82) is 0 Å². The lowest BCUT2D eigenvalue weighted by Gasteiger charge is -2.15. The molecule has 0 aliphatic heterocycles. The first kappa shape index (κ1) is 20.8. The molecule has 0 unspecified atom stereocenters. The number of furan rings is 1. The Kier molecular flexibility index (Phi) is 4.89. The minimum Gasteiger partial charge on any atom is -0.456 e. The number of hydrogen-bond acceptors (Lipinski definition) is 3. The van der Waals surface area contributed by atoms with Gasteiger partial charge in [0.2, 0.25) is 5.43 Å². The highest BCUT2D eigenvalue weighted by Crippen LogP contribution is 2.29. The van der Waals surface area contributed by atoms with Gasteiger partial charge in [0.25, 0.3) is 0 Å². The van der Waals surface area contributed by atoms with Crippen LogP contribution < -0.4 is 5.43 Å². The molecule has 2 heterocycles. The molecule has 5 aromatic rings. The van der Waals surface area contributed by atoms with Gasteiger partial charge in [0.1, 0.15) is 28.8 Å². The van der Waals surface area contributed by atoms with Gasteiger partial charge in [-0.2, -0.15) is 0 Å². The van der Waals surface area contributed by atoms with Gasteiger partial charge in [0, 0.05) is 22.7 Å². The van der Waals surface area contributed by atoms with Gasteiger partial charge in [-0.3, -0.25) is 9.59 Å². The zero-order valence-electron chi connectivity index (χ0n) is 17.4. The number of pyridine rings is 1. The number of carbonyl (C=O) groups excluding carboxylic acids is 1. The van der Waals surface area contributed by atoms with E-state index in [9.17, 15) is 18.4 Å². The fourth-order valence-corrected chi connectivity index (χ4v) is 3.96. The van der Waals surface area contributed by atoms with Gasteiger partial charge in [-0.15, -0.1) is 0 Å². The fraction of sp³-hybridized carbons (Fsp3) is 0.0769. The van der Waals surface area contributed by atoms with Crippen molar-refractivity contribution < 1.29 is 22.4 Å². The summed E-state index contributed by atoms with van der Waals surface area (Å²) < 4.78 is 51.0. The second kappa shape index (κ2) is 7.78. The van der Waals surface area contributed by atoms with Crippen LogP contribution in [0.3, 0.4) is 0 Å². The van der Waals surface area contributed by atoms with Gasteiger partial charge >= 0.3 is 0 Å². The highest BCUT2D eigenvalue weighted by molar-refractivity contribution is 5.97. The average molecular weight is 447 g/mol. The van der Waals surface area contributed by atoms with Gasteiger partial charge in [0.05, 0.1) is 23.0 Å². The summed E-state index contributed by atoms with van der Waals surface area (Å²) in [7, 11) is 0. The molecule has 5 rings (SSSR count). The quantitative estimate of drug-likeness (QED) is 0.314. The average Bonchev–Trinajstić information content (AvgIpc) is 3.22. The van der Waals surface area contributed by atoms with Crippen LogP contribution in [0.4, 0.5) is 13.2 Å². The maximum Gasteiger partial charge on any atom is 0.203 e. The van der Waals surface area contributed by atoms with Gasteiger partial charge in [0.15, 0.2) is 5.78 Å². The molecule has 0 saturated heterocycles. The number of para-hydroxylation sites is 1. The number of Topliss-reactive ketones (excluding diaryl/α,β-unsaturated/α-hetero) is 1. The van der Waals surface area contributed by atoms with E-state index in [2.05, 4.69) is 0 Å². The number of nitrogens with zero attached hydrogens (tertiary/aromatic N) is 1. The van der Waals surface area contributed by atoms with Crippen molar-refractivity contribution >= 4 is 27.7 Å². The number of carbonyl (C=O) groups is 1. The number of hydrogen-bond donors (Lipinski definition) is 0. The van der Waals surface area contributed by atoms with Gasteiger partial charge in [-0.25, -0.2) is 13.2 Å². The maximum absolute atomic E-state index is 15.0. The summed E-state index contributed by atoms with van der Waals surface area (Å²) in [6.07, 6.45) is 1.14. The summed E-state index contributed by atoms with van der Waals surface area (Å²) in [5.74, 6) is -2.50. The number of aromatic nitrogens is 1. The van der Waals surface area contributed by atoms with Gasteiger partial charge < -0.3 is 8.98 Å². The van der Waals surface area contributed by atoms with Gasteiger partial charge in [-0.05, 0) is 37.3 Å². The fourth-order valence-electron chi connectivity index (χ4n) is 3.96. The van der Waals surface area contributed by atoms with Crippen LogP contribution in [0.2, 0.25) is 0 Å². The molecular formula is C26H16F3NO3. The van der Waals surface area contributed by atoms with E-state index in [1.165, 1.54) is 16.7 Å². The first-order chi connectivity index (χ1) is 15.8. The summed E-state index contributed by atoms with van der Waals surface area (Å²) in [6.45, 7) is 0.941. The smallest absolute Gasteiger partial charge is 0.203 e. The minimum absolute atomic E-state index is 0.165. The van der Waals surface area contributed by atoms with Crippen LogP contribution in [-0.2, 0) is 6.54 Å². The summed E-state index contributed by atoms with van der Waals surface area (Å²) in [5, 5.41) is 0.341. The molecule has 0 spiro atoms. The molecule has 4 nitrogen and oxygen atoms in total. The normalized spacial score (nSPS) is 11.4. The van der Waals surface area contributed by atoms with Gasteiger partial charge in [-0.1, -0.05) is 30.3 Å². The van der Waals surface area contributed by atoms with E-state index in [1.807, 2.05) is 24.3 Å². The van der Waals surface area contributed by atoms with E-state index in [0.717, 1.165) is 30.6 Å². The van der Waals surface area contributed by atoms with Crippen molar-refractivity contribution in [1.82, 2.24) is 4.57 Å².